The lowest BCUT2D eigenvalue weighted by molar-refractivity contribution is 0.198. The third kappa shape index (κ3) is 11.4. The van der Waals surface area contributed by atoms with Gasteiger partial charge in [-0.15, -0.1) is 0 Å². The van der Waals surface area contributed by atoms with Crippen LogP contribution in [0.15, 0.2) is 0 Å². The van der Waals surface area contributed by atoms with Gasteiger partial charge in [-0.1, -0.05) is 58.5 Å². The lowest BCUT2D eigenvalue weighted by Crippen LogP contribution is -2.26. The number of unbranched alkanes of at least 4 members (excludes halogenated alkanes) is 2. The van der Waals surface area contributed by atoms with Crippen LogP contribution in [0.3, 0.4) is 0 Å². The zero-order valence-corrected chi connectivity index (χ0v) is 15.9. The fourth-order valence-corrected chi connectivity index (χ4v) is 3.17. The first-order chi connectivity index (χ1) is 9.08. The van der Waals surface area contributed by atoms with Crippen molar-refractivity contribution in [3.8, 4) is 0 Å². The van der Waals surface area contributed by atoms with E-state index in [4.69, 9.17) is 9.05 Å². The Hall–Kier alpha value is 1.07. The molecule has 1 atom stereocenters. The van der Waals surface area contributed by atoms with Crippen molar-refractivity contribution in [3.63, 3.8) is 0 Å². The quantitative estimate of drug-likeness (QED) is 0.269. The molecule has 0 heterocycles. The van der Waals surface area contributed by atoms with Gasteiger partial charge < -0.3 is 14.4 Å². The fraction of sp³-hybridized carbons (Fsp3) is 1.00. The van der Waals surface area contributed by atoms with Gasteiger partial charge in [-0.3, -0.25) is 4.57 Å². The average Bonchev–Trinajstić information content (AvgIpc) is 2.39. The SMILES string of the molecule is CCCCOP(=O)(CNCC(Br)CBr)OCCCC. The van der Waals surface area contributed by atoms with Crippen LogP contribution in [-0.2, 0) is 13.6 Å². The minimum atomic E-state index is -2.99. The lowest BCUT2D eigenvalue weighted by atomic mass is 10.4. The maximum Gasteiger partial charge on any atom is 0.344 e. The summed E-state index contributed by atoms with van der Waals surface area (Å²) in [4.78, 5) is 0.312. The number of hydrogen-bond acceptors (Lipinski definition) is 4. The maximum atomic E-state index is 12.5. The molecule has 0 saturated carbocycles. The Morgan fingerprint density at radius 3 is 2.11 bits per heavy atom. The first-order valence-corrected chi connectivity index (χ1v) is 10.6. The van der Waals surface area contributed by atoms with Crippen LogP contribution in [0.2, 0.25) is 0 Å². The summed E-state index contributed by atoms with van der Waals surface area (Å²) in [5.41, 5.74) is 0. The van der Waals surface area contributed by atoms with E-state index in [-0.39, 0.29) is 6.29 Å². The molecular formula is C12H26Br2NO3P. The van der Waals surface area contributed by atoms with Crippen LogP contribution in [0.25, 0.3) is 0 Å². The predicted molar refractivity (Wildman–Crippen MR) is 88.7 cm³/mol. The zero-order valence-electron chi connectivity index (χ0n) is 11.9. The highest BCUT2D eigenvalue weighted by molar-refractivity contribution is 9.12. The normalized spacial score (nSPS) is 13.7. The lowest BCUT2D eigenvalue weighted by Gasteiger charge is -2.19. The molecule has 0 spiro atoms. The maximum absolute atomic E-state index is 12.5. The van der Waals surface area contributed by atoms with Gasteiger partial charge in [-0.05, 0) is 12.8 Å². The van der Waals surface area contributed by atoms with E-state index in [2.05, 4.69) is 51.0 Å². The van der Waals surface area contributed by atoms with E-state index in [1.165, 1.54) is 0 Å². The molecule has 0 aromatic heterocycles. The molecule has 0 saturated heterocycles. The van der Waals surface area contributed by atoms with Gasteiger partial charge in [0.1, 0.15) is 0 Å². The van der Waals surface area contributed by atoms with Crippen LogP contribution in [0.4, 0.5) is 0 Å². The summed E-state index contributed by atoms with van der Waals surface area (Å²) in [6, 6.07) is 0. The molecule has 0 rings (SSSR count). The van der Waals surface area contributed by atoms with E-state index in [1.54, 1.807) is 0 Å². The standard InChI is InChI=1S/C12H26Br2NO3P/c1-3-5-7-17-19(16,18-8-6-4-2)11-15-10-12(14)9-13/h12,15H,3-11H2,1-2H3. The van der Waals surface area contributed by atoms with E-state index in [0.29, 0.717) is 18.0 Å². The number of rotatable bonds is 13. The molecule has 0 aliphatic rings. The van der Waals surface area contributed by atoms with Crippen molar-refractivity contribution in [1.82, 2.24) is 5.32 Å². The van der Waals surface area contributed by atoms with Crippen LogP contribution in [0.1, 0.15) is 39.5 Å². The highest BCUT2D eigenvalue weighted by Gasteiger charge is 2.24. The summed E-state index contributed by atoms with van der Waals surface area (Å²) >= 11 is 6.87. The Kier molecular flexibility index (Phi) is 13.5. The Balaban J connectivity index is 4.11. The molecule has 0 radical (unpaired) electrons. The summed E-state index contributed by atoms with van der Waals surface area (Å²) in [6.07, 6.45) is 4.13. The molecule has 7 heteroatoms. The molecule has 0 aliphatic heterocycles. The molecule has 116 valence electrons. The van der Waals surface area contributed by atoms with Gasteiger partial charge in [0.05, 0.1) is 19.5 Å². The third-order valence-corrected chi connectivity index (χ3v) is 6.47. The van der Waals surface area contributed by atoms with E-state index in [0.717, 1.165) is 37.6 Å². The van der Waals surface area contributed by atoms with Gasteiger partial charge in [-0.2, -0.15) is 0 Å². The Bertz CT molecular complexity index is 243. The van der Waals surface area contributed by atoms with Crippen molar-refractivity contribution in [1.29, 1.82) is 0 Å². The van der Waals surface area contributed by atoms with Gasteiger partial charge in [0.2, 0.25) is 0 Å². The van der Waals surface area contributed by atoms with Crippen LogP contribution >= 0.6 is 39.5 Å². The first-order valence-electron chi connectivity index (χ1n) is 6.86. The summed E-state index contributed by atoms with van der Waals surface area (Å²) in [6.45, 7) is 5.88. The molecule has 1 unspecified atom stereocenters. The molecule has 1 N–H and O–H groups in total. The molecular weight excluding hydrogens is 397 g/mol. The summed E-state index contributed by atoms with van der Waals surface area (Å²) in [7, 11) is -2.99. The van der Waals surface area contributed by atoms with Crippen molar-refractivity contribution >= 4 is 39.5 Å². The molecule has 0 amide bonds. The van der Waals surface area contributed by atoms with E-state index < -0.39 is 7.60 Å². The molecule has 0 bridgehead atoms. The molecule has 0 fully saturated rings. The third-order valence-electron chi connectivity index (χ3n) is 2.41. The second kappa shape index (κ2) is 12.8. The number of alkyl halides is 2. The van der Waals surface area contributed by atoms with Crippen LogP contribution < -0.4 is 5.32 Å². The fourth-order valence-electron chi connectivity index (χ4n) is 1.24. The van der Waals surface area contributed by atoms with E-state index in [1.807, 2.05) is 0 Å². The average molecular weight is 423 g/mol. The van der Waals surface area contributed by atoms with Gasteiger partial charge in [0.15, 0.2) is 0 Å². The van der Waals surface area contributed by atoms with Crippen molar-refractivity contribution in [2.75, 3.05) is 31.4 Å². The topological polar surface area (TPSA) is 47.6 Å². The summed E-state index contributed by atoms with van der Waals surface area (Å²) in [5.74, 6) is 0. The molecule has 0 aliphatic carbocycles. The second-order valence-electron chi connectivity index (χ2n) is 4.35. The highest BCUT2D eigenvalue weighted by Crippen LogP contribution is 2.47. The van der Waals surface area contributed by atoms with Gasteiger partial charge in [0, 0.05) is 16.7 Å². The minimum Gasteiger partial charge on any atom is -0.308 e. The van der Waals surface area contributed by atoms with Gasteiger partial charge in [-0.25, -0.2) is 0 Å². The van der Waals surface area contributed by atoms with Crippen LogP contribution in [0, 0.1) is 0 Å². The summed E-state index contributed by atoms with van der Waals surface area (Å²) in [5, 5.41) is 3.99. The van der Waals surface area contributed by atoms with Gasteiger partial charge in [0.25, 0.3) is 0 Å². The van der Waals surface area contributed by atoms with Crippen molar-refractivity contribution in [3.05, 3.63) is 0 Å². The van der Waals surface area contributed by atoms with Gasteiger partial charge >= 0.3 is 7.60 Å². The minimum absolute atomic E-state index is 0.273. The predicted octanol–water partition coefficient (Wildman–Crippen LogP) is 4.52. The smallest absolute Gasteiger partial charge is 0.308 e. The molecule has 4 nitrogen and oxygen atoms in total. The molecule has 0 aromatic rings. The van der Waals surface area contributed by atoms with Crippen LogP contribution in [0.5, 0.6) is 0 Å². The summed E-state index contributed by atoms with van der Waals surface area (Å²) < 4.78 is 23.5. The Morgan fingerprint density at radius 2 is 1.68 bits per heavy atom. The first kappa shape index (κ1) is 20.1. The zero-order chi connectivity index (χ0) is 14.6. The van der Waals surface area contributed by atoms with Crippen molar-refractivity contribution in [2.45, 2.75) is 44.4 Å². The van der Waals surface area contributed by atoms with E-state index in [9.17, 15) is 4.57 Å². The van der Waals surface area contributed by atoms with Crippen molar-refractivity contribution in [2.24, 2.45) is 0 Å². The molecule has 19 heavy (non-hydrogen) atoms. The largest absolute Gasteiger partial charge is 0.344 e. The number of nitrogens with one attached hydrogen (secondary N) is 1. The highest BCUT2D eigenvalue weighted by atomic mass is 79.9. The number of hydrogen-bond donors (Lipinski definition) is 1. The van der Waals surface area contributed by atoms with E-state index >= 15 is 0 Å². The Labute approximate surface area is 134 Å². The monoisotopic (exact) mass is 421 g/mol. The Morgan fingerprint density at radius 1 is 1.16 bits per heavy atom. The molecule has 0 aromatic carbocycles. The number of halogens is 2. The van der Waals surface area contributed by atoms with Crippen LogP contribution in [-0.4, -0.2) is 36.2 Å². The second-order valence-corrected chi connectivity index (χ2v) is 8.35. The van der Waals surface area contributed by atoms with Crippen molar-refractivity contribution < 1.29 is 13.6 Å².